The van der Waals surface area contributed by atoms with Crippen molar-refractivity contribution in [2.45, 2.75) is 18.9 Å². The fraction of sp³-hybridized carbons (Fsp3) is 0.417. The van der Waals surface area contributed by atoms with E-state index in [-0.39, 0.29) is 0 Å². The molecular weight excluding hydrogens is 230 g/mol. The van der Waals surface area contributed by atoms with Crippen LogP contribution in [0, 0.1) is 11.3 Å². The first-order chi connectivity index (χ1) is 8.86. The summed E-state index contributed by atoms with van der Waals surface area (Å²) in [6.45, 7) is 1.57. The Morgan fingerprint density at radius 2 is 2.22 bits per heavy atom. The predicted octanol–water partition coefficient (Wildman–Crippen LogP) is 1.19. The molecule has 0 aromatic carbocycles. The van der Waals surface area contributed by atoms with Gasteiger partial charge in [0.15, 0.2) is 11.3 Å². The molecule has 6 nitrogen and oxygen atoms in total. The second-order valence-electron chi connectivity index (χ2n) is 4.27. The van der Waals surface area contributed by atoms with E-state index < -0.39 is 0 Å². The van der Waals surface area contributed by atoms with E-state index in [4.69, 9.17) is 10.00 Å². The second-order valence-corrected chi connectivity index (χ2v) is 4.27. The van der Waals surface area contributed by atoms with E-state index in [1.165, 1.54) is 6.20 Å². The van der Waals surface area contributed by atoms with Crippen molar-refractivity contribution in [3.63, 3.8) is 0 Å². The largest absolute Gasteiger partial charge is 0.381 e. The van der Waals surface area contributed by atoms with Crippen molar-refractivity contribution in [3.05, 3.63) is 24.0 Å². The summed E-state index contributed by atoms with van der Waals surface area (Å²) >= 11 is 0. The van der Waals surface area contributed by atoms with Gasteiger partial charge in [0.05, 0.1) is 6.20 Å². The number of ether oxygens (including phenoxy) is 1. The molecule has 0 atom stereocenters. The van der Waals surface area contributed by atoms with Gasteiger partial charge in [-0.15, -0.1) is 5.10 Å². The van der Waals surface area contributed by atoms with Gasteiger partial charge in [0, 0.05) is 19.3 Å². The van der Waals surface area contributed by atoms with Gasteiger partial charge in [0.25, 0.3) is 0 Å². The van der Waals surface area contributed by atoms with Crippen molar-refractivity contribution in [3.8, 4) is 6.07 Å². The zero-order chi connectivity index (χ0) is 12.4. The number of imidazole rings is 1. The van der Waals surface area contributed by atoms with Gasteiger partial charge in [-0.1, -0.05) is 0 Å². The van der Waals surface area contributed by atoms with Crippen molar-refractivity contribution >= 4 is 11.5 Å². The molecule has 0 saturated carbocycles. The summed E-state index contributed by atoms with van der Waals surface area (Å²) in [7, 11) is 0. The Labute approximate surface area is 104 Å². The number of nitriles is 1. The first-order valence-corrected chi connectivity index (χ1v) is 5.96. The van der Waals surface area contributed by atoms with Crippen LogP contribution in [0.2, 0.25) is 0 Å². The fourth-order valence-electron chi connectivity index (χ4n) is 2.08. The lowest BCUT2D eigenvalue weighted by atomic mass is 10.1. The average Bonchev–Trinajstić information content (AvgIpc) is 2.82. The maximum atomic E-state index is 8.95. The highest BCUT2D eigenvalue weighted by molar-refractivity contribution is 5.47. The number of nitrogens with one attached hydrogen (secondary N) is 1. The molecule has 2 aromatic rings. The molecule has 92 valence electrons. The molecule has 3 heterocycles. The van der Waals surface area contributed by atoms with Crippen molar-refractivity contribution in [1.29, 1.82) is 5.26 Å². The Hall–Kier alpha value is -2.13. The average molecular weight is 243 g/mol. The highest BCUT2D eigenvalue weighted by Crippen LogP contribution is 2.14. The molecule has 6 heteroatoms. The van der Waals surface area contributed by atoms with E-state index in [0.29, 0.717) is 17.4 Å². The maximum Gasteiger partial charge on any atom is 0.162 e. The molecule has 1 saturated heterocycles. The van der Waals surface area contributed by atoms with E-state index in [0.717, 1.165) is 31.9 Å². The fourth-order valence-corrected chi connectivity index (χ4v) is 2.08. The van der Waals surface area contributed by atoms with Crippen LogP contribution in [0.15, 0.2) is 18.3 Å². The third kappa shape index (κ3) is 2.00. The number of nitrogens with zero attached hydrogens (tertiary/aromatic N) is 4. The number of aromatic nitrogens is 3. The number of fused-ring (bicyclic) bond motifs is 1. The molecule has 18 heavy (non-hydrogen) atoms. The lowest BCUT2D eigenvalue weighted by Crippen LogP contribution is -2.28. The molecule has 0 aliphatic carbocycles. The Balaban J connectivity index is 1.85. The highest BCUT2D eigenvalue weighted by Gasteiger charge is 2.14. The predicted molar refractivity (Wildman–Crippen MR) is 65.2 cm³/mol. The van der Waals surface area contributed by atoms with E-state index >= 15 is 0 Å². The van der Waals surface area contributed by atoms with Gasteiger partial charge in [0.2, 0.25) is 0 Å². The van der Waals surface area contributed by atoms with E-state index in [1.807, 2.05) is 12.1 Å². The number of rotatable bonds is 2. The van der Waals surface area contributed by atoms with Gasteiger partial charge in [-0.3, -0.25) is 0 Å². The minimum atomic E-state index is 0.387. The molecule has 3 rings (SSSR count). The van der Waals surface area contributed by atoms with Gasteiger partial charge in [-0.25, -0.2) is 9.50 Å². The molecule has 1 N–H and O–H groups in total. The molecule has 2 aromatic heterocycles. The minimum Gasteiger partial charge on any atom is -0.381 e. The van der Waals surface area contributed by atoms with E-state index in [1.54, 1.807) is 4.52 Å². The second kappa shape index (κ2) is 4.63. The minimum absolute atomic E-state index is 0.387. The first-order valence-electron chi connectivity index (χ1n) is 5.96. The van der Waals surface area contributed by atoms with Crippen molar-refractivity contribution < 1.29 is 4.74 Å². The van der Waals surface area contributed by atoms with Gasteiger partial charge in [-0.05, 0) is 25.0 Å². The number of hydrogen-bond acceptors (Lipinski definition) is 5. The molecule has 1 aliphatic rings. The molecular formula is C12H13N5O. The number of anilines is 1. The first kappa shape index (κ1) is 11.0. The van der Waals surface area contributed by atoms with E-state index in [2.05, 4.69) is 21.5 Å². The van der Waals surface area contributed by atoms with Crippen LogP contribution in [-0.2, 0) is 4.74 Å². The van der Waals surface area contributed by atoms with Gasteiger partial charge in [0.1, 0.15) is 11.9 Å². The van der Waals surface area contributed by atoms with Crippen LogP contribution >= 0.6 is 0 Å². The normalized spacial score (nSPS) is 16.6. The molecule has 0 unspecified atom stereocenters. The zero-order valence-corrected chi connectivity index (χ0v) is 9.83. The molecule has 0 amide bonds. The summed E-state index contributed by atoms with van der Waals surface area (Å²) in [5.74, 6) is 0.768. The van der Waals surface area contributed by atoms with Gasteiger partial charge >= 0.3 is 0 Å². The van der Waals surface area contributed by atoms with Crippen LogP contribution in [0.25, 0.3) is 5.65 Å². The Morgan fingerprint density at radius 1 is 1.39 bits per heavy atom. The summed E-state index contributed by atoms with van der Waals surface area (Å²) < 4.78 is 6.87. The SMILES string of the molecule is N#Cc1cnc2ccc(NC3CCOCC3)nn12. The smallest absolute Gasteiger partial charge is 0.162 e. The third-order valence-electron chi connectivity index (χ3n) is 3.05. The lowest BCUT2D eigenvalue weighted by molar-refractivity contribution is 0.0903. The molecule has 1 fully saturated rings. The quantitative estimate of drug-likeness (QED) is 0.857. The Morgan fingerprint density at radius 3 is 3.00 bits per heavy atom. The van der Waals surface area contributed by atoms with Crippen LogP contribution in [0.3, 0.4) is 0 Å². The molecule has 1 aliphatic heterocycles. The molecule has 0 radical (unpaired) electrons. The van der Waals surface area contributed by atoms with Gasteiger partial charge < -0.3 is 10.1 Å². The standard InChI is InChI=1S/C12H13N5O/c13-7-10-8-14-12-2-1-11(16-17(10)12)15-9-3-5-18-6-4-9/h1-2,8-9H,3-6H2,(H,15,16). The summed E-state index contributed by atoms with van der Waals surface area (Å²) in [6.07, 6.45) is 3.49. The van der Waals surface area contributed by atoms with Crippen molar-refractivity contribution in [2.75, 3.05) is 18.5 Å². The Bertz CT molecular complexity index is 594. The van der Waals surface area contributed by atoms with Crippen LogP contribution < -0.4 is 5.32 Å². The topological polar surface area (TPSA) is 75.2 Å². The van der Waals surface area contributed by atoms with E-state index in [9.17, 15) is 0 Å². The van der Waals surface area contributed by atoms with Gasteiger partial charge in [-0.2, -0.15) is 5.26 Å². The summed E-state index contributed by atoms with van der Waals surface area (Å²) in [5.41, 5.74) is 1.13. The third-order valence-corrected chi connectivity index (χ3v) is 3.05. The summed E-state index contributed by atoms with van der Waals surface area (Å²) in [5, 5.41) is 16.7. The van der Waals surface area contributed by atoms with Crippen molar-refractivity contribution in [2.24, 2.45) is 0 Å². The monoisotopic (exact) mass is 243 g/mol. The van der Waals surface area contributed by atoms with Crippen LogP contribution in [0.5, 0.6) is 0 Å². The van der Waals surface area contributed by atoms with Crippen LogP contribution in [0.1, 0.15) is 18.5 Å². The highest BCUT2D eigenvalue weighted by atomic mass is 16.5. The number of hydrogen-bond donors (Lipinski definition) is 1. The lowest BCUT2D eigenvalue weighted by Gasteiger charge is -2.23. The maximum absolute atomic E-state index is 8.95. The van der Waals surface area contributed by atoms with Crippen LogP contribution in [0.4, 0.5) is 5.82 Å². The summed E-state index contributed by atoms with van der Waals surface area (Å²) in [4.78, 5) is 4.11. The Kier molecular flexibility index (Phi) is 2.82. The molecule has 0 spiro atoms. The van der Waals surface area contributed by atoms with Crippen molar-refractivity contribution in [1.82, 2.24) is 14.6 Å². The zero-order valence-electron chi connectivity index (χ0n) is 9.83. The molecule has 0 bridgehead atoms. The summed E-state index contributed by atoms with van der Waals surface area (Å²) in [6, 6.07) is 6.20. The van der Waals surface area contributed by atoms with Crippen LogP contribution in [-0.4, -0.2) is 33.9 Å².